The zero-order valence-corrected chi connectivity index (χ0v) is 10.2. The van der Waals surface area contributed by atoms with Gasteiger partial charge in [-0.15, -0.1) is 0 Å². The molecule has 0 amide bonds. The van der Waals surface area contributed by atoms with E-state index >= 15 is 0 Å². The van der Waals surface area contributed by atoms with Crippen LogP contribution in [0.2, 0.25) is 0 Å². The van der Waals surface area contributed by atoms with Crippen molar-refractivity contribution in [3.63, 3.8) is 0 Å². The standard InChI is InChI=1S/C11H16BrNO/c1-8-3-4-10(12)5-11(8)9(6-13)7-14-2/h3-5,9H,6-7,13H2,1-2H3. The molecule has 0 radical (unpaired) electrons. The minimum Gasteiger partial charge on any atom is -0.384 e. The van der Waals surface area contributed by atoms with Crippen molar-refractivity contribution in [1.29, 1.82) is 0 Å². The summed E-state index contributed by atoms with van der Waals surface area (Å²) in [5.41, 5.74) is 8.25. The fraction of sp³-hybridized carbons (Fsp3) is 0.455. The SMILES string of the molecule is COCC(CN)c1cc(Br)ccc1C. The molecule has 3 heteroatoms. The van der Waals surface area contributed by atoms with Gasteiger partial charge in [0.1, 0.15) is 0 Å². The molecule has 0 bridgehead atoms. The number of ether oxygens (including phenoxy) is 1. The lowest BCUT2D eigenvalue weighted by Crippen LogP contribution is -2.18. The summed E-state index contributed by atoms with van der Waals surface area (Å²) in [5, 5.41) is 0. The van der Waals surface area contributed by atoms with Crippen LogP contribution in [0.1, 0.15) is 17.0 Å². The largest absolute Gasteiger partial charge is 0.384 e. The molecule has 1 aromatic carbocycles. The highest BCUT2D eigenvalue weighted by molar-refractivity contribution is 9.10. The number of methoxy groups -OCH3 is 1. The predicted octanol–water partition coefficient (Wildman–Crippen LogP) is 2.45. The van der Waals surface area contributed by atoms with Gasteiger partial charge in [-0.2, -0.15) is 0 Å². The Balaban J connectivity index is 2.96. The van der Waals surface area contributed by atoms with Crippen LogP contribution in [0.5, 0.6) is 0 Å². The Labute approximate surface area is 93.6 Å². The Morgan fingerprint density at radius 1 is 1.50 bits per heavy atom. The number of rotatable bonds is 4. The van der Waals surface area contributed by atoms with Crippen molar-refractivity contribution in [1.82, 2.24) is 0 Å². The number of hydrogen-bond acceptors (Lipinski definition) is 2. The third kappa shape index (κ3) is 2.80. The van der Waals surface area contributed by atoms with E-state index in [1.54, 1.807) is 7.11 Å². The Morgan fingerprint density at radius 2 is 2.21 bits per heavy atom. The van der Waals surface area contributed by atoms with Crippen LogP contribution >= 0.6 is 15.9 Å². The maximum Gasteiger partial charge on any atom is 0.0543 e. The highest BCUT2D eigenvalue weighted by Crippen LogP contribution is 2.23. The van der Waals surface area contributed by atoms with E-state index in [2.05, 4.69) is 35.0 Å². The first-order valence-corrected chi connectivity index (χ1v) is 5.43. The third-order valence-electron chi connectivity index (χ3n) is 2.33. The molecular formula is C11H16BrNO. The van der Waals surface area contributed by atoms with E-state index in [4.69, 9.17) is 10.5 Å². The zero-order valence-electron chi connectivity index (χ0n) is 8.59. The van der Waals surface area contributed by atoms with Gasteiger partial charge in [-0.1, -0.05) is 22.0 Å². The van der Waals surface area contributed by atoms with Crippen LogP contribution in [-0.2, 0) is 4.74 Å². The molecule has 0 aliphatic heterocycles. The minimum absolute atomic E-state index is 0.289. The fourth-order valence-corrected chi connectivity index (χ4v) is 1.92. The lowest BCUT2D eigenvalue weighted by molar-refractivity contribution is 0.181. The number of aryl methyl sites for hydroxylation is 1. The summed E-state index contributed by atoms with van der Waals surface area (Å²) in [7, 11) is 1.70. The van der Waals surface area contributed by atoms with E-state index in [-0.39, 0.29) is 5.92 Å². The summed E-state index contributed by atoms with van der Waals surface area (Å²) in [6.07, 6.45) is 0. The second-order valence-corrected chi connectivity index (χ2v) is 4.30. The molecule has 1 rings (SSSR count). The Morgan fingerprint density at radius 3 is 2.79 bits per heavy atom. The van der Waals surface area contributed by atoms with Crippen LogP contribution in [-0.4, -0.2) is 20.3 Å². The Hall–Kier alpha value is -0.380. The normalized spacial score (nSPS) is 12.9. The van der Waals surface area contributed by atoms with Gasteiger partial charge in [0.2, 0.25) is 0 Å². The van der Waals surface area contributed by atoms with Crippen LogP contribution in [0, 0.1) is 6.92 Å². The molecule has 0 spiro atoms. The van der Waals surface area contributed by atoms with Crippen molar-refractivity contribution in [3.05, 3.63) is 33.8 Å². The molecule has 1 atom stereocenters. The lowest BCUT2D eigenvalue weighted by Gasteiger charge is -2.16. The molecule has 0 fully saturated rings. The molecule has 1 unspecified atom stereocenters. The van der Waals surface area contributed by atoms with Crippen LogP contribution in [0.3, 0.4) is 0 Å². The number of nitrogens with two attached hydrogens (primary N) is 1. The van der Waals surface area contributed by atoms with E-state index in [9.17, 15) is 0 Å². The summed E-state index contributed by atoms with van der Waals surface area (Å²) in [6, 6.07) is 6.25. The van der Waals surface area contributed by atoms with Gasteiger partial charge in [0, 0.05) is 24.0 Å². The molecule has 78 valence electrons. The highest BCUT2D eigenvalue weighted by atomic mass is 79.9. The Bertz CT molecular complexity index is 301. The molecule has 2 N–H and O–H groups in total. The van der Waals surface area contributed by atoms with Gasteiger partial charge in [0.05, 0.1) is 6.61 Å². The van der Waals surface area contributed by atoms with Crippen molar-refractivity contribution in [2.75, 3.05) is 20.3 Å². The van der Waals surface area contributed by atoms with Crippen molar-refractivity contribution in [2.45, 2.75) is 12.8 Å². The minimum atomic E-state index is 0.289. The van der Waals surface area contributed by atoms with Gasteiger partial charge in [-0.05, 0) is 30.2 Å². The summed E-state index contributed by atoms with van der Waals surface area (Å²) >= 11 is 3.46. The monoisotopic (exact) mass is 257 g/mol. The third-order valence-corrected chi connectivity index (χ3v) is 2.83. The maximum absolute atomic E-state index is 5.71. The van der Waals surface area contributed by atoms with E-state index in [0.717, 1.165) is 4.47 Å². The average Bonchev–Trinajstić information content (AvgIpc) is 2.18. The van der Waals surface area contributed by atoms with Crippen molar-refractivity contribution in [2.24, 2.45) is 5.73 Å². The van der Waals surface area contributed by atoms with Gasteiger partial charge < -0.3 is 10.5 Å². The first-order chi connectivity index (χ1) is 6.69. The number of benzene rings is 1. The van der Waals surface area contributed by atoms with Crippen molar-refractivity contribution in [3.8, 4) is 0 Å². The molecule has 0 saturated heterocycles. The number of hydrogen-bond donors (Lipinski definition) is 1. The molecule has 0 aliphatic rings. The second kappa shape index (κ2) is 5.49. The first-order valence-electron chi connectivity index (χ1n) is 4.64. The van der Waals surface area contributed by atoms with Crippen LogP contribution < -0.4 is 5.73 Å². The summed E-state index contributed by atoms with van der Waals surface area (Å²) in [6.45, 7) is 3.39. The van der Waals surface area contributed by atoms with Gasteiger partial charge in [0.15, 0.2) is 0 Å². The quantitative estimate of drug-likeness (QED) is 0.900. The Kier molecular flexibility index (Phi) is 4.58. The van der Waals surface area contributed by atoms with Crippen molar-refractivity contribution >= 4 is 15.9 Å². The predicted molar refractivity (Wildman–Crippen MR) is 62.6 cm³/mol. The van der Waals surface area contributed by atoms with Gasteiger partial charge in [-0.25, -0.2) is 0 Å². The molecule has 2 nitrogen and oxygen atoms in total. The molecule has 0 aliphatic carbocycles. The second-order valence-electron chi connectivity index (χ2n) is 3.39. The fourth-order valence-electron chi connectivity index (χ4n) is 1.54. The molecular weight excluding hydrogens is 242 g/mol. The summed E-state index contributed by atoms with van der Waals surface area (Å²) < 4.78 is 6.24. The molecule has 0 saturated carbocycles. The molecule has 14 heavy (non-hydrogen) atoms. The number of halogens is 1. The zero-order chi connectivity index (χ0) is 10.6. The highest BCUT2D eigenvalue weighted by Gasteiger charge is 2.11. The lowest BCUT2D eigenvalue weighted by atomic mass is 9.96. The molecule has 1 aromatic rings. The van der Waals surface area contributed by atoms with Gasteiger partial charge >= 0.3 is 0 Å². The molecule has 0 aromatic heterocycles. The van der Waals surface area contributed by atoms with Gasteiger partial charge in [0.25, 0.3) is 0 Å². The molecule has 0 heterocycles. The maximum atomic E-state index is 5.71. The van der Waals surface area contributed by atoms with E-state index in [1.165, 1.54) is 11.1 Å². The van der Waals surface area contributed by atoms with Crippen LogP contribution in [0.4, 0.5) is 0 Å². The van der Waals surface area contributed by atoms with E-state index < -0.39 is 0 Å². The smallest absolute Gasteiger partial charge is 0.0543 e. The first kappa shape index (κ1) is 11.7. The average molecular weight is 258 g/mol. The van der Waals surface area contributed by atoms with E-state index in [1.807, 2.05) is 6.07 Å². The van der Waals surface area contributed by atoms with Crippen molar-refractivity contribution < 1.29 is 4.74 Å². The summed E-state index contributed by atoms with van der Waals surface area (Å²) in [5.74, 6) is 0.289. The summed E-state index contributed by atoms with van der Waals surface area (Å²) in [4.78, 5) is 0. The van der Waals surface area contributed by atoms with Gasteiger partial charge in [-0.3, -0.25) is 0 Å². The van der Waals surface area contributed by atoms with Crippen LogP contribution in [0.15, 0.2) is 22.7 Å². The van der Waals surface area contributed by atoms with E-state index in [0.29, 0.717) is 13.2 Å². The van der Waals surface area contributed by atoms with Crippen LogP contribution in [0.25, 0.3) is 0 Å². The topological polar surface area (TPSA) is 35.2 Å².